The molecule has 0 aliphatic carbocycles. The quantitative estimate of drug-likeness (QED) is 0.728. The Bertz CT molecular complexity index is 395. The average molecular weight is 237 g/mol. The van der Waals surface area contributed by atoms with Gasteiger partial charge in [0.15, 0.2) is 5.54 Å². The van der Waals surface area contributed by atoms with E-state index in [0.29, 0.717) is 13.2 Å². The second kappa shape index (κ2) is 4.73. The Kier molecular flexibility index (Phi) is 3.31. The monoisotopic (exact) mass is 237 g/mol. The van der Waals surface area contributed by atoms with Gasteiger partial charge in [-0.05, 0) is 17.7 Å². The maximum Gasteiger partial charge on any atom is 0.333 e. The van der Waals surface area contributed by atoms with E-state index in [9.17, 15) is 9.90 Å². The van der Waals surface area contributed by atoms with Crippen LogP contribution in [-0.4, -0.2) is 37.9 Å². The first kappa shape index (κ1) is 11.9. The third-order valence-corrected chi connectivity index (χ3v) is 2.89. The van der Waals surface area contributed by atoms with E-state index in [-0.39, 0.29) is 18.3 Å². The number of morpholine rings is 1. The molecule has 0 spiro atoms. The molecule has 0 amide bonds. The van der Waals surface area contributed by atoms with Gasteiger partial charge in [-0.3, -0.25) is 5.32 Å². The number of phenolic OH excluding ortho intramolecular Hbond substituents is 1. The Morgan fingerprint density at radius 2 is 2.18 bits per heavy atom. The molecule has 0 radical (unpaired) electrons. The molecule has 0 saturated carbocycles. The van der Waals surface area contributed by atoms with Crippen LogP contribution >= 0.6 is 0 Å². The lowest BCUT2D eigenvalue weighted by atomic mass is 9.89. The Balaban J connectivity index is 2.38. The van der Waals surface area contributed by atoms with E-state index in [2.05, 4.69) is 5.32 Å². The van der Waals surface area contributed by atoms with E-state index in [0.717, 1.165) is 5.56 Å². The van der Waals surface area contributed by atoms with Crippen molar-refractivity contribution in [2.75, 3.05) is 26.9 Å². The van der Waals surface area contributed by atoms with Crippen molar-refractivity contribution in [2.24, 2.45) is 0 Å². The summed E-state index contributed by atoms with van der Waals surface area (Å²) in [6, 6.07) is 6.45. The first-order chi connectivity index (χ1) is 8.19. The highest BCUT2D eigenvalue weighted by molar-refractivity contribution is 5.83. The molecule has 1 saturated heterocycles. The van der Waals surface area contributed by atoms with Crippen molar-refractivity contribution < 1.29 is 19.4 Å². The molecule has 5 nitrogen and oxygen atoms in total. The van der Waals surface area contributed by atoms with E-state index in [1.165, 1.54) is 19.2 Å². The Morgan fingerprint density at radius 3 is 2.71 bits per heavy atom. The zero-order chi connectivity index (χ0) is 12.3. The molecule has 0 aromatic heterocycles. The molecular weight excluding hydrogens is 222 g/mol. The number of hydrogen-bond donors (Lipinski definition) is 2. The van der Waals surface area contributed by atoms with Crippen LogP contribution in [0.1, 0.15) is 5.56 Å². The molecule has 1 fully saturated rings. The van der Waals surface area contributed by atoms with E-state index < -0.39 is 5.54 Å². The molecule has 1 heterocycles. The van der Waals surface area contributed by atoms with Crippen LogP contribution in [0.5, 0.6) is 5.75 Å². The van der Waals surface area contributed by atoms with Crippen molar-refractivity contribution in [1.29, 1.82) is 0 Å². The molecular formula is C12H15NO4. The molecule has 0 bridgehead atoms. The van der Waals surface area contributed by atoms with Crippen LogP contribution in [0.4, 0.5) is 0 Å². The summed E-state index contributed by atoms with van der Waals surface area (Å²) in [6.45, 7) is 1.37. The van der Waals surface area contributed by atoms with Crippen LogP contribution in [0.2, 0.25) is 0 Å². The van der Waals surface area contributed by atoms with Gasteiger partial charge in [0.25, 0.3) is 0 Å². The predicted octanol–water partition coefficient (Wildman–Crippen LogP) is 0.380. The lowest BCUT2D eigenvalue weighted by Gasteiger charge is -2.35. The Hall–Kier alpha value is -1.59. The minimum Gasteiger partial charge on any atom is -0.508 e. The molecule has 2 rings (SSSR count). The molecule has 17 heavy (non-hydrogen) atoms. The van der Waals surface area contributed by atoms with Crippen LogP contribution in [0, 0.1) is 0 Å². The molecule has 1 atom stereocenters. The van der Waals surface area contributed by atoms with Gasteiger partial charge in [0.05, 0.1) is 20.3 Å². The first-order valence-corrected chi connectivity index (χ1v) is 5.40. The van der Waals surface area contributed by atoms with Gasteiger partial charge >= 0.3 is 5.97 Å². The molecule has 1 aromatic rings. The molecule has 92 valence electrons. The minimum absolute atomic E-state index is 0.158. The van der Waals surface area contributed by atoms with Crippen LogP contribution in [0.15, 0.2) is 24.3 Å². The summed E-state index contributed by atoms with van der Waals surface area (Å²) >= 11 is 0. The van der Waals surface area contributed by atoms with Gasteiger partial charge in [-0.15, -0.1) is 0 Å². The topological polar surface area (TPSA) is 67.8 Å². The second-order valence-corrected chi connectivity index (χ2v) is 3.92. The van der Waals surface area contributed by atoms with Gasteiger partial charge in [-0.25, -0.2) is 4.79 Å². The summed E-state index contributed by atoms with van der Waals surface area (Å²) in [5.74, 6) is -0.228. The van der Waals surface area contributed by atoms with Gasteiger partial charge in [0.1, 0.15) is 5.75 Å². The summed E-state index contributed by atoms with van der Waals surface area (Å²) < 4.78 is 10.2. The molecule has 2 N–H and O–H groups in total. The third-order valence-electron chi connectivity index (χ3n) is 2.89. The Labute approximate surface area is 99.3 Å². The highest BCUT2D eigenvalue weighted by Gasteiger charge is 2.43. The van der Waals surface area contributed by atoms with Gasteiger partial charge in [0, 0.05) is 6.54 Å². The van der Waals surface area contributed by atoms with Gasteiger partial charge in [-0.1, -0.05) is 12.1 Å². The van der Waals surface area contributed by atoms with Crippen molar-refractivity contribution >= 4 is 5.97 Å². The van der Waals surface area contributed by atoms with Crippen molar-refractivity contribution in [3.8, 4) is 5.75 Å². The Morgan fingerprint density at radius 1 is 1.47 bits per heavy atom. The fourth-order valence-electron chi connectivity index (χ4n) is 1.97. The summed E-state index contributed by atoms with van der Waals surface area (Å²) in [4.78, 5) is 11.9. The third kappa shape index (κ3) is 2.11. The normalized spacial score (nSPS) is 24.3. The number of ether oxygens (including phenoxy) is 2. The molecule has 5 heteroatoms. The number of carbonyl (C=O) groups excluding carboxylic acids is 1. The predicted molar refractivity (Wildman–Crippen MR) is 60.6 cm³/mol. The maximum absolute atomic E-state index is 11.9. The van der Waals surface area contributed by atoms with E-state index >= 15 is 0 Å². The van der Waals surface area contributed by atoms with Crippen molar-refractivity contribution in [3.63, 3.8) is 0 Å². The second-order valence-electron chi connectivity index (χ2n) is 3.92. The number of methoxy groups -OCH3 is 1. The van der Waals surface area contributed by atoms with Crippen molar-refractivity contribution in [2.45, 2.75) is 5.54 Å². The van der Waals surface area contributed by atoms with Crippen LogP contribution in [-0.2, 0) is 19.8 Å². The van der Waals surface area contributed by atoms with Crippen molar-refractivity contribution in [1.82, 2.24) is 5.32 Å². The molecule has 1 unspecified atom stereocenters. The SMILES string of the molecule is COC(=O)C1(c2ccc(O)cc2)COCCN1. The number of esters is 1. The average Bonchev–Trinajstić information content (AvgIpc) is 2.39. The van der Waals surface area contributed by atoms with E-state index in [1.807, 2.05) is 0 Å². The summed E-state index contributed by atoms with van der Waals surface area (Å²) in [5.41, 5.74) is -0.248. The van der Waals surface area contributed by atoms with Crippen LogP contribution in [0.3, 0.4) is 0 Å². The summed E-state index contributed by atoms with van der Waals surface area (Å²) in [5, 5.41) is 12.4. The van der Waals surface area contributed by atoms with Crippen LogP contribution in [0.25, 0.3) is 0 Å². The standard InChI is InChI=1S/C12H15NO4/c1-16-11(15)12(8-17-7-6-13-12)9-2-4-10(14)5-3-9/h2-5,13-14H,6-8H2,1H3. The number of benzene rings is 1. The fourth-order valence-corrected chi connectivity index (χ4v) is 1.97. The molecule has 1 aromatic carbocycles. The van der Waals surface area contributed by atoms with Crippen LogP contribution < -0.4 is 5.32 Å². The lowest BCUT2D eigenvalue weighted by Crippen LogP contribution is -2.57. The smallest absolute Gasteiger partial charge is 0.333 e. The number of carbonyl (C=O) groups is 1. The van der Waals surface area contributed by atoms with Gasteiger partial charge < -0.3 is 14.6 Å². The zero-order valence-electron chi connectivity index (χ0n) is 9.60. The maximum atomic E-state index is 11.9. The fraction of sp³-hybridized carbons (Fsp3) is 0.417. The largest absolute Gasteiger partial charge is 0.508 e. The first-order valence-electron chi connectivity index (χ1n) is 5.40. The number of hydrogen-bond acceptors (Lipinski definition) is 5. The van der Waals surface area contributed by atoms with E-state index in [1.54, 1.807) is 12.1 Å². The molecule has 1 aliphatic heterocycles. The number of phenols is 1. The van der Waals surface area contributed by atoms with Crippen molar-refractivity contribution in [3.05, 3.63) is 29.8 Å². The minimum atomic E-state index is -0.972. The van der Waals surface area contributed by atoms with Gasteiger partial charge in [-0.2, -0.15) is 0 Å². The highest BCUT2D eigenvalue weighted by atomic mass is 16.5. The zero-order valence-corrected chi connectivity index (χ0v) is 9.60. The number of aromatic hydroxyl groups is 1. The van der Waals surface area contributed by atoms with E-state index in [4.69, 9.17) is 9.47 Å². The summed E-state index contributed by atoms with van der Waals surface area (Å²) in [7, 11) is 1.35. The lowest BCUT2D eigenvalue weighted by molar-refractivity contribution is -0.154. The summed E-state index contributed by atoms with van der Waals surface area (Å²) in [6.07, 6.45) is 0. The van der Waals surface area contributed by atoms with Gasteiger partial charge in [0.2, 0.25) is 0 Å². The number of rotatable bonds is 2. The molecule has 1 aliphatic rings. The number of nitrogens with one attached hydrogen (secondary N) is 1. The highest BCUT2D eigenvalue weighted by Crippen LogP contribution is 2.26.